The van der Waals surface area contributed by atoms with Crippen LogP contribution >= 0.6 is 0 Å². The fourth-order valence-corrected chi connectivity index (χ4v) is 2.11. The number of rotatable bonds is 4. The molecule has 0 aliphatic carbocycles. The number of piperazine rings is 1. The van der Waals surface area contributed by atoms with E-state index in [1.165, 1.54) is 13.2 Å². The second kappa shape index (κ2) is 6.71. The Hall–Kier alpha value is -1.89. The molecule has 0 bridgehead atoms. The highest BCUT2D eigenvalue weighted by Crippen LogP contribution is 2.28. The van der Waals surface area contributed by atoms with Crippen LogP contribution in [0.15, 0.2) is 12.1 Å². The molecule has 1 aromatic carbocycles. The van der Waals surface area contributed by atoms with Gasteiger partial charge in [0.15, 0.2) is 18.2 Å². The van der Waals surface area contributed by atoms with Gasteiger partial charge in [-0.2, -0.15) is 0 Å². The molecule has 0 amide bonds. The first kappa shape index (κ1) is 15.5. The molecule has 0 spiro atoms. The Morgan fingerprint density at radius 2 is 1.86 bits per heavy atom. The highest BCUT2D eigenvalue weighted by Gasteiger charge is 2.20. The SMILES string of the molecule is COC(=O)COc1cc(N2CCN(C)CC2)c(F)cc1F. The molecule has 1 aliphatic heterocycles. The monoisotopic (exact) mass is 300 g/mol. The second-order valence-electron chi connectivity index (χ2n) is 4.89. The fraction of sp³-hybridized carbons (Fsp3) is 0.500. The van der Waals surface area contributed by atoms with Crippen molar-refractivity contribution in [3.63, 3.8) is 0 Å². The second-order valence-corrected chi connectivity index (χ2v) is 4.89. The number of halogens is 2. The standard InChI is InChI=1S/C14H18F2N2O3/c1-17-3-5-18(6-4-17)12-8-13(11(16)7-10(12)15)21-9-14(19)20-2/h7-8H,3-6,9H2,1-2H3. The smallest absolute Gasteiger partial charge is 0.343 e. The first-order valence-electron chi connectivity index (χ1n) is 6.63. The summed E-state index contributed by atoms with van der Waals surface area (Å²) in [5.41, 5.74) is 0.282. The maximum Gasteiger partial charge on any atom is 0.343 e. The zero-order valence-corrected chi connectivity index (χ0v) is 12.1. The van der Waals surface area contributed by atoms with Crippen LogP contribution in [-0.2, 0) is 9.53 Å². The van der Waals surface area contributed by atoms with Gasteiger partial charge in [0.2, 0.25) is 0 Å². The van der Waals surface area contributed by atoms with E-state index >= 15 is 0 Å². The van der Waals surface area contributed by atoms with E-state index in [1.54, 1.807) is 0 Å². The molecule has 1 heterocycles. The Balaban J connectivity index is 2.15. The lowest BCUT2D eigenvalue weighted by atomic mass is 10.2. The molecule has 0 atom stereocenters. The van der Waals surface area contributed by atoms with Crippen LogP contribution in [0.2, 0.25) is 0 Å². The van der Waals surface area contributed by atoms with E-state index in [9.17, 15) is 13.6 Å². The van der Waals surface area contributed by atoms with E-state index in [0.717, 1.165) is 19.2 Å². The number of anilines is 1. The van der Waals surface area contributed by atoms with Gasteiger partial charge in [-0.05, 0) is 7.05 Å². The number of carbonyl (C=O) groups excluding carboxylic acids is 1. The van der Waals surface area contributed by atoms with Crippen LogP contribution in [0.5, 0.6) is 5.75 Å². The van der Waals surface area contributed by atoms with Crippen LogP contribution in [0.1, 0.15) is 0 Å². The number of hydrogen-bond acceptors (Lipinski definition) is 5. The first-order chi connectivity index (χ1) is 10.0. The molecule has 1 aromatic rings. The van der Waals surface area contributed by atoms with Gasteiger partial charge in [0, 0.05) is 38.3 Å². The molecular weight excluding hydrogens is 282 g/mol. The van der Waals surface area contributed by atoms with Crippen molar-refractivity contribution in [1.29, 1.82) is 0 Å². The summed E-state index contributed by atoms with van der Waals surface area (Å²) in [5.74, 6) is -2.26. The number of hydrogen-bond donors (Lipinski definition) is 0. The van der Waals surface area contributed by atoms with Gasteiger partial charge in [-0.1, -0.05) is 0 Å². The summed E-state index contributed by atoms with van der Waals surface area (Å²) in [7, 11) is 3.20. The lowest BCUT2D eigenvalue weighted by molar-refractivity contribution is -0.142. The molecule has 2 rings (SSSR count). The van der Waals surface area contributed by atoms with E-state index in [1.807, 2.05) is 11.9 Å². The summed E-state index contributed by atoms with van der Waals surface area (Å²) in [6, 6.07) is 2.07. The van der Waals surface area contributed by atoms with Gasteiger partial charge in [0.25, 0.3) is 0 Å². The van der Waals surface area contributed by atoms with Crippen molar-refractivity contribution in [2.45, 2.75) is 0 Å². The maximum absolute atomic E-state index is 13.9. The predicted octanol–water partition coefficient (Wildman–Crippen LogP) is 1.27. The Kier molecular flexibility index (Phi) is 4.95. The van der Waals surface area contributed by atoms with Gasteiger partial charge < -0.3 is 19.3 Å². The number of likely N-dealkylation sites (N-methyl/N-ethyl adjacent to an activating group) is 1. The van der Waals surface area contributed by atoms with E-state index in [2.05, 4.69) is 9.64 Å². The Morgan fingerprint density at radius 3 is 2.48 bits per heavy atom. The highest BCUT2D eigenvalue weighted by molar-refractivity contribution is 5.71. The molecule has 5 nitrogen and oxygen atoms in total. The lowest BCUT2D eigenvalue weighted by Gasteiger charge is -2.34. The molecule has 0 unspecified atom stereocenters. The Morgan fingerprint density at radius 1 is 1.19 bits per heavy atom. The molecule has 0 saturated carbocycles. The van der Waals surface area contributed by atoms with Crippen molar-refractivity contribution in [3.05, 3.63) is 23.8 Å². The van der Waals surface area contributed by atoms with Crippen LogP contribution in [0.25, 0.3) is 0 Å². The van der Waals surface area contributed by atoms with Crippen LogP contribution in [0.4, 0.5) is 14.5 Å². The maximum atomic E-state index is 13.9. The average Bonchev–Trinajstić information content (AvgIpc) is 2.47. The van der Waals surface area contributed by atoms with Gasteiger partial charge in [-0.3, -0.25) is 0 Å². The minimum absolute atomic E-state index is 0.157. The summed E-state index contributed by atoms with van der Waals surface area (Å²) >= 11 is 0. The van der Waals surface area contributed by atoms with E-state index in [4.69, 9.17) is 4.74 Å². The highest BCUT2D eigenvalue weighted by atomic mass is 19.1. The van der Waals surface area contributed by atoms with Crippen molar-refractivity contribution in [2.75, 3.05) is 51.8 Å². The summed E-state index contributed by atoms with van der Waals surface area (Å²) in [5, 5.41) is 0. The van der Waals surface area contributed by atoms with Crippen molar-refractivity contribution in [3.8, 4) is 5.75 Å². The molecule has 21 heavy (non-hydrogen) atoms. The lowest BCUT2D eigenvalue weighted by Crippen LogP contribution is -2.44. The van der Waals surface area contributed by atoms with Gasteiger partial charge >= 0.3 is 5.97 Å². The normalized spacial score (nSPS) is 15.9. The van der Waals surface area contributed by atoms with Gasteiger partial charge in [-0.25, -0.2) is 13.6 Å². The topological polar surface area (TPSA) is 42.0 Å². The third kappa shape index (κ3) is 3.81. The molecule has 0 radical (unpaired) electrons. The predicted molar refractivity (Wildman–Crippen MR) is 73.6 cm³/mol. The van der Waals surface area contributed by atoms with Crippen LogP contribution < -0.4 is 9.64 Å². The first-order valence-corrected chi connectivity index (χ1v) is 6.63. The van der Waals surface area contributed by atoms with Crippen molar-refractivity contribution < 1.29 is 23.0 Å². The molecular formula is C14H18F2N2O3. The third-order valence-corrected chi connectivity index (χ3v) is 3.42. The van der Waals surface area contributed by atoms with Crippen LogP contribution in [-0.4, -0.2) is 57.8 Å². The Labute approximate surface area is 122 Å². The number of esters is 1. The van der Waals surface area contributed by atoms with Crippen molar-refractivity contribution in [2.24, 2.45) is 0 Å². The van der Waals surface area contributed by atoms with Crippen LogP contribution in [0, 0.1) is 11.6 Å². The molecule has 1 aliphatic rings. The third-order valence-electron chi connectivity index (χ3n) is 3.42. The molecule has 1 saturated heterocycles. The zero-order chi connectivity index (χ0) is 15.4. The minimum Gasteiger partial charge on any atom is -0.479 e. The summed E-state index contributed by atoms with van der Waals surface area (Å²) in [4.78, 5) is 15.0. The molecule has 7 heteroatoms. The zero-order valence-electron chi connectivity index (χ0n) is 12.1. The van der Waals surface area contributed by atoms with Crippen molar-refractivity contribution in [1.82, 2.24) is 4.90 Å². The largest absolute Gasteiger partial charge is 0.479 e. The van der Waals surface area contributed by atoms with E-state index in [-0.39, 0.29) is 11.4 Å². The average molecular weight is 300 g/mol. The number of carbonyl (C=O) groups is 1. The molecule has 116 valence electrons. The Bertz CT molecular complexity index is 517. The van der Waals surface area contributed by atoms with Gasteiger partial charge in [0.05, 0.1) is 12.8 Å². The quantitative estimate of drug-likeness (QED) is 0.783. The van der Waals surface area contributed by atoms with Gasteiger partial charge in [0.1, 0.15) is 5.82 Å². The minimum atomic E-state index is -0.839. The van der Waals surface area contributed by atoms with Crippen molar-refractivity contribution >= 4 is 11.7 Å². The number of ether oxygens (including phenoxy) is 2. The van der Waals surface area contributed by atoms with E-state index in [0.29, 0.717) is 13.1 Å². The number of nitrogens with zero attached hydrogens (tertiary/aromatic N) is 2. The summed E-state index contributed by atoms with van der Waals surface area (Å²) in [6.07, 6.45) is 0. The fourth-order valence-electron chi connectivity index (χ4n) is 2.11. The number of benzene rings is 1. The molecule has 1 fully saturated rings. The van der Waals surface area contributed by atoms with Gasteiger partial charge in [-0.15, -0.1) is 0 Å². The molecule has 0 N–H and O–H groups in total. The summed E-state index contributed by atoms with van der Waals surface area (Å²) in [6.45, 7) is 2.48. The number of methoxy groups -OCH3 is 1. The summed E-state index contributed by atoms with van der Waals surface area (Å²) < 4.78 is 37.1. The van der Waals surface area contributed by atoms with E-state index < -0.39 is 24.2 Å². The van der Waals surface area contributed by atoms with Crippen LogP contribution in [0.3, 0.4) is 0 Å². The molecule has 0 aromatic heterocycles.